The molecule has 0 spiro atoms. The van der Waals surface area contributed by atoms with Crippen molar-refractivity contribution in [2.75, 3.05) is 0 Å². The van der Waals surface area contributed by atoms with Crippen LogP contribution in [0.5, 0.6) is 0 Å². The topological polar surface area (TPSA) is 34.4 Å². The zero-order valence-corrected chi connectivity index (χ0v) is 6.90. The lowest BCUT2D eigenvalue weighted by atomic mass is 10.4. The highest BCUT2D eigenvalue weighted by Crippen LogP contribution is 1.81. The number of hydrogen-bond donors (Lipinski definition) is 0. The second-order valence-electron chi connectivity index (χ2n) is 2.26. The third kappa shape index (κ3) is 1.69. The van der Waals surface area contributed by atoms with Crippen molar-refractivity contribution in [2.24, 2.45) is 4.99 Å². The van der Waals surface area contributed by atoms with Crippen molar-refractivity contribution in [1.82, 2.24) is 4.57 Å². The zero-order chi connectivity index (χ0) is 8.97. The van der Waals surface area contributed by atoms with E-state index in [0.29, 0.717) is 5.49 Å². The van der Waals surface area contributed by atoms with E-state index in [4.69, 9.17) is 0 Å². The van der Waals surface area contributed by atoms with Crippen LogP contribution >= 0.6 is 0 Å². The first-order chi connectivity index (χ1) is 5.75. The van der Waals surface area contributed by atoms with E-state index >= 15 is 0 Å². The summed E-state index contributed by atoms with van der Waals surface area (Å²) in [6, 6.07) is 5.36. The fourth-order valence-electron chi connectivity index (χ4n) is 0.899. The van der Waals surface area contributed by atoms with E-state index in [2.05, 4.69) is 11.6 Å². The summed E-state index contributed by atoms with van der Waals surface area (Å²) in [7, 11) is 0. The molecule has 0 amide bonds. The SMILES string of the molecule is C=CN=c1ccccn1C(C)=O. The summed E-state index contributed by atoms with van der Waals surface area (Å²) in [4.78, 5) is 14.9. The van der Waals surface area contributed by atoms with Crippen LogP contribution in [0.1, 0.15) is 11.7 Å². The Hall–Kier alpha value is -1.64. The molecule has 0 aliphatic heterocycles. The Morgan fingerprint density at radius 2 is 2.42 bits per heavy atom. The van der Waals surface area contributed by atoms with Gasteiger partial charge in [-0.05, 0) is 12.1 Å². The highest BCUT2D eigenvalue weighted by Gasteiger charge is 1.94. The van der Waals surface area contributed by atoms with E-state index in [9.17, 15) is 4.79 Å². The second-order valence-corrected chi connectivity index (χ2v) is 2.26. The molecule has 0 fully saturated rings. The Balaban J connectivity index is 3.37. The van der Waals surface area contributed by atoms with Gasteiger partial charge in [-0.15, -0.1) is 0 Å². The summed E-state index contributed by atoms with van der Waals surface area (Å²) in [6.45, 7) is 4.95. The van der Waals surface area contributed by atoms with Crippen molar-refractivity contribution >= 4 is 5.91 Å². The molecule has 1 aromatic heterocycles. The Labute approximate surface area is 70.7 Å². The fourth-order valence-corrected chi connectivity index (χ4v) is 0.899. The lowest BCUT2D eigenvalue weighted by molar-refractivity contribution is 0.0931. The predicted octanol–water partition coefficient (Wildman–Crippen LogP) is 1.19. The molecule has 0 atom stereocenters. The van der Waals surface area contributed by atoms with Gasteiger partial charge in [-0.3, -0.25) is 9.36 Å². The van der Waals surface area contributed by atoms with Crippen molar-refractivity contribution in [3.63, 3.8) is 0 Å². The number of carbonyl (C=O) groups is 1. The molecule has 0 aliphatic rings. The van der Waals surface area contributed by atoms with Gasteiger partial charge in [-0.25, -0.2) is 4.99 Å². The van der Waals surface area contributed by atoms with Gasteiger partial charge in [0.2, 0.25) is 5.91 Å². The predicted molar refractivity (Wildman–Crippen MR) is 46.5 cm³/mol. The summed E-state index contributed by atoms with van der Waals surface area (Å²) >= 11 is 0. The van der Waals surface area contributed by atoms with E-state index in [1.165, 1.54) is 17.7 Å². The Bertz CT molecular complexity index is 363. The summed E-state index contributed by atoms with van der Waals surface area (Å²) in [5.41, 5.74) is 0.597. The first-order valence-electron chi connectivity index (χ1n) is 3.59. The quantitative estimate of drug-likeness (QED) is 0.610. The Kier molecular flexibility index (Phi) is 2.58. The number of aromatic nitrogens is 1. The molecule has 0 saturated carbocycles. The molecule has 1 heterocycles. The standard InChI is InChI=1S/C9H10N2O/c1-3-10-9-6-4-5-7-11(9)8(2)12/h3-7H,1H2,2H3. The molecule has 1 rings (SSSR count). The van der Waals surface area contributed by atoms with Crippen LogP contribution in [-0.2, 0) is 0 Å². The van der Waals surface area contributed by atoms with Crippen LogP contribution in [0.25, 0.3) is 0 Å². The molecule has 3 heteroatoms. The van der Waals surface area contributed by atoms with Crippen molar-refractivity contribution in [2.45, 2.75) is 6.92 Å². The van der Waals surface area contributed by atoms with Gasteiger partial charge in [0.1, 0.15) is 5.49 Å². The highest BCUT2D eigenvalue weighted by atomic mass is 16.1. The van der Waals surface area contributed by atoms with Gasteiger partial charge in [-0.1, -0.05) is 12.6 Å². The van der Waals surface area contributed by atoms with Crippen LogP contribution in [0.4, 0.5) is 0 Å². The Morgan fingerprint density at radius 1 is 1.67 bits per heavy atom. The van der Waals surface area contributed by atoms with Crippen molar-refractivity contribution < 1.29 is 4.79 Å². The van der Waals surface area contributed by atoms with Crippen LogP contribution in [-0.4, -0.2) is 10.5 Å². The smallest absolute Gasteiger partial charge is 0.229 e. The number of carbonyl (C=O) groups excluding carboxylic acids is 1. The number of pyridine rings is 1. The Morgan fingerprint density at radius 3 is 3.00 bits per heavy atom. The van der Waals surface area contributed by atoms with Gasteiger partial charge in [0.15, 0.2) is 0 Å². The van der Waals surface area contributed by atoms with E-state index in [1.807, 2.05) is 6.07 Å². The monoisotopic (exact) mass is 162 g/mol. The van der Waals surface area contributed by atoms with Crippen LogP contribution in [0, 0.1) is 0 Å². The van der Waals surface area contributed by atoms with Crippen molar-refractivity contribution in [3.8, 4) is 0 Å². The van der Waals surface area contributed by atoms with Crippen LogP contribution < -0.4 is 5.49 Å². The molecule has 0 bridgehead atoms. The van der Waals surface area contributed by atoms with Crippen molar-refractivity contribution in [1.29, 1.82) is 0 Å². The second kappa shape index (κ2) is 3.67. The molecule has 1 aromatic rings. The van der Waals surface area contributed by atoms with Gasteiger partial charge in [0, 0.05) is 19.3 Å². The first kappa shape index (κ1) is 8.46. The maximum absolute atomic E-state index is 11.0. The van der Waals surface area contributed by atoms with Crippen molar-refractivity contribution in [3.05, 3.63) is 42.7 Å². The van der Waals surface area contributed by atoms with E-state index in [0.717, 1.165) is 0 Å². The maximum atomic E-state index is 11.0. The summed E-state index contributed by atoms with van der Waals surface area (Å²) in [5, 5.41) is 0. The summed E-state index contributed by atoms with van der Waals surface area (Å²) in [5.74, 6) is -0.0591. The minimum Gasteiger partial charge on any atom is -0.274 e. The lowest BCUT2D eigenvalue weighted by Crippen LogP contribution is -2.23. The summed E-state index contributed by atoms with van der Waals surface area (Å²) < 4.78 is 1.46. The lowest BCUT2D eigenvalue weighted by Gasteiger charge is -1.99. The maximum Gasteiger partial charge on any atom is 0.229 e. The summed E-state index contributed by atoms with van der Waals surface area (Å²) in [6.07, 6.45) is 3.08. The molecule has 0 aliphatic carbocycles. The molecule has 0 saturated heterocycles. The van der Waals surface area contributed by atoms with Gasteiger partial charge >= 0.3 is 0 Å². The average Bonchev–Trinajstić information content (AvgIpc) is 2.05. The largest absolute Gasteiger partial charge is 0.274 e. The van der Waals surface area contributed by atoms with E-state index < -0.39 is 0 Å². The van der Waals surface area contributed by atoms with Gasteiger partial charge in [0.05, 0.1) is 0 Å². The molecule has 0 N–H and O–H groups in total. The molecule has 0 aromatic carbocycles. The van der Waals surface area contributed by atoms with Crippen LogP contribution in [0.15, 0.2) is 42.2 Å². The fraction of sp³-hybridized carbons (Fsp3) is 0.111. The molecule has 12 heavy (non-hydrogen) atoms. The van der Waals surface area contributed by atoms with Crippen LogP contribution in [0.3, 0.4) is 0 Å². The normalized spacial score (nSPS) is 11.2. The average molecular weight is 162 g/mol. The molecular weight excluding hydrogens is 152 g/mol. The highest BCUT2D eigenvalue weighted by molar-refractivity contribution is 5.75. The van der Waals surface area contributed by atoms with Gasteiger partial charge in [-0.2, -0.15) is 0 Å². The minimum atomic E-state index is -0.0591. The molecular formula is C9H10N2O. The molecule has 0 radical (unpaired) electrons. The van der Waals surface area contributed by atoms with Crippen LogP contribution in [0.2, 0.25) is 0 Å². The number of rotatable bonds is 1. The third-order valence-electron chi connectivity index (χ3n) is 1.40. The molecule has 62 valence electrons. The van der Waals surface area contributed by atoms with Gasteiger partial charge < -0.3 is 0 Å². The molecule has 3 nitrogen and oxygen atoms in total. The zero-order valence-electron chi connectivity index (χ0n) is 6.90. The van der Waals surface area contributed by atoms with E-state index in [1.54, 1.807) is 18.3 Å². The third-order valence-corrected chi connectivity index (χ3v) is 1.40. The molecule has 0 unspecified atom stereocenters. The number of hydrogen-bond acceptors (Lipinski definition) is 2. The van der Waals surface area contributed by atoms with Gasteiger partial charge in [0.25, 0.3) is 0 Å². The number of nitrogens with zero attached hydrogens (tertiary/aromatic N) is 2. The van der Waals surface area contributed by atoms with E-state index in [-0.39, 0.29) is 5.91 Å². The first-order valence-corrected chi connectivity index (χ1v) is 3.59. The minimum absolute atomic E-state index is 0.0591.